The minimum absolute atomic E-state index is 0.122. The molecular weight excluding hydrogens is 304 g/mol. The van der Waals surface area contributed by atoms with Gasteiger partial charge in [0.25, 0.3) is 0 Å². The molecule has 0 aromatic carbocycles. The van der Waals surface area contributed by atoms with Gasteiger partial charge in [-0.2, -0.15) is 5.10 Å². The van der Waals surface area contributed by atoms with Crippen molar-refractivity contribution in [3.05, 3.63) is 48.0 Å². The number of likely N-dealkylation sites (tertiary alicyclic amines) is 1. The molecule has 4 rings (SSSR count). The van der Waals surface area contributed by atoms with Crippen LogP contribution in [0.5, 0.6) is 0 Å². The van der Waals surface area contributed by atoms with Crippen molar-refractivity contribution in [2.45, 2.75) is 13.2 Å². The monoisotopic (exact) mass is 328 g/mol. The van der Waals surface area contributed by atoms with Gasteiger partial charge in [0.05, 0.1) is 38.3 Å². The van der Waals surface area contributed by atoms with Gasteiger partial charge in [0, 0.05) is 56.0 Å². The smallest absolute Gasteiger partial charge is 0.0888 e. The van der Waals surface area contributed by atoms with E-state index in [0.717, 1.165) is 45.1 Å². The summed E-state index contributed by atoms with van der Waals surface area (Å²) in [5.41, 5.74) is 2.37. The van der Waals surface area contributed by atoms with Crippen LogP contribution in [-0.2, 0) is 29.7 Å². The van der Waals surface area contributed by atoms with Crippen molar-refractivity contribution in [2.75, 3.05) is 32.9 Å². The fourth-order valence-corrected chi connectivity index (χ4v) is 3.92. The van der Waals surface area contributed by atoms with E-state index in [1.165, 1.54) is 5.56 Å². The molecule has 0 N–H and O–H groups in total. The molecule has 2 saturated heterocycles. The van der Waals surface area contributed by atoms with Gasteiger partial charge in [-0.3, -0.25) is 14.6 Å². The van der Waals surface area contributed by atoms with Gasteiger partial charge in [0.2, 0.25) is 0 Å². The molecule has 0 amide bonds. The number of hydrogen-bond donors (Lipinski definition) is 0. The number of pyridine rings is 1. The molecule has 2 aliphatic heterocycles. The molecule has 2 aromatic heterocycles. The molecule has 4 heterocycles. The molecule has 0 radical (unpaired) electrons. The normalized spacial score (nSPS) is 26.8. The highest BCUT2D eigenvalue weighted by Gasteiger charge is 2.50. The van der Waals surface area contributed by atoms with E-state index in [-0.39, 0.29) is 5.41 Å². The van der Waals surface area contributed by atoms with Crippen LogP contribution in [0.15, 0.2) is 36.8 Å². The lowest BCUT2D eigenvalue weighted by Gasteiger charge is -2.27. The van der Waals surface area contributed by atoms with Crippen LogP contribution < -0.4 is 0 Å². The predicted molar refractivity (Wildman–Crippen MR) is 89.1 cm³/mol. The molecule has 0 unspecified atom stereocenters. The van der Waals surface area contributed by atoms with E-state index in [9.17, 15) is 0 Å². The Balaban J connectivity index is 1.36. The molecule has 0 aliphatic carbocycles. The molecule has 6 heteroatoms. The SMILES string of the molecule is Cn1cc(CN2C[C@H]3COC[C@@]3(COCc3ccccn3)C2)cn1. The summed E-state index contributed by atoms with van der Waals surface area (Å²) >= 11 is 0. The van der Waals surface area contributed by atoms with Crippen molar-refractivity contribution < 1.29 is 9.47 Å². The summed E-state index contributed by atoms with van der Waals surface area (Å²) in [6.45, 7) is 5.98. The third-order valence-electron chi connectivity index (χ3n) is 5.12. The Labute approximate surface area is 142 Å². The van der Waals surface area contributed by atoms with Crippen LogP contribution >= 0.6 is 0 Å². The maximum Gasteiger partial charge on any atom is 0.0888 e. The van der Waals surface area contributed by atoms with Crippen molar-refractivity contribution in [1.29, 1.82) is 0 Å². The molecule has 6 nitrogen and oxygen atoms in total. The zero-order chi connectivity index (χ0) is 16.4. The highest BCUT2D eigenvalue weighted by molar-refractivity contribution is 5.07. The Morgan fingerprint density at radius 2 is 2.38 bits per heavy atom. The molecule has 128 valence electrons. The van der Waals surface area contributed by atoms with Gasteiger partial charge in [0.1, 0.15) is 0 Å². The minimum atomic E-state index is 0.122. The molecule has 0 spiro atoms. The van der Waals surface area contributed by atoms with Crippen LogP contribution in [0.25, 0.3) is 0 Å². The lowest BCUT2D eigenvalue weighted by Crippen LogP contribution is -2.35. The zero-order valence-electron chi connectivity index (χ0n) is 14.1. The number of hydrogen-bond acceptors (Lipinski definition) is 5. The van der Waals surface area contributed by atoms with Crippen molar-refractivity contribution in [1.82, 2.24) is 19.7 Å². The first-order valence-corrected chi connectivity index (χ1v) is 8.49. The maximum absolute atomic E-state index is 6.03. The number of aryl methyl sites for hydroxylation is 1. The third kappa shape index (κ3) is 3.22. The Morgan fingerprint density at radius 3 is 3.17 bits per heavy atom. The average Bonchev–Trinajstić information content (AvgIpc) is 3.23. The van der Waals surface area contributed by atoms with Crippen molar-refractivity contribution in [2.24, 2.45) is 18.4 Å². The molecule has 2 aromatic rings. The molecule has 0 saturated carbocycles. The van der Waals surface area contributed by atoms with E-state index >= 15 is 0 Å². The van der Waals surface area contributed by atoms with E-state index in [4.69, 9.17) is 9.47 Å². The van der Waals surface area contributed by atoms with E-state index in [0.29, 0.717) is 12.5 Å². The molecule has 2 aliphatic rings. The van der Waals surface area contributed by atoms with Crippen LogP contribution in [0.3, 0.4) is 0 Å². The van der Waals surface area contributed by atoms with Crippen LogP contribution in [0.4, 0.5) is 0 Å². The van der Waals surface area contributed by atoms with Gasteiger partial charge in [-0.15, -0.1) is 0 Å². The molecule has 0 bridgehead atoms. The van der Waals surface area contributed by atoms with Crippen molar-refractivity contribution in [3.63, 3.8) is 0 Å². The third-order valence-corrected chi connectivity index (χ3v) is 5.12. The predicted octanol–water partition coefficient (Wildman–Crippen LogP) is 1.48. The van der Waals surface area contributed by atoms with Crippen LogP contribution in [0.2, 0.25) is 0 Å². The summed E-state index contributed by atoms with van der Waals surface area (Å²) in [5, 5.41) is 4.27. The van der Waals surface area contributed by atoms with Gasteiger partial charge >= 0.3 is 0 Å². The standard InChI is InChI=1S/C18H24N4O2/c1-21-7-15(6-20-21)8-22-9-16-10-23-13-18(16,12-22)14-24-11-17-4-2-3-5-19-17/h2-7,16H,8-14H2,1H3/t16-,18+/m0/s1. The topological polar surface area (TPSA) is 52.4 Å². The number of ether oxygens (including phenoxy) is 2. The Kier molecular flexibility index (Phi) is 4.35. The average molecular weight is 328 g/mol. The van der Waals surface area contributed by atoms with E-state index in [1.54, 1.807) is 0 Å². The minimum Gasteiger partial charge on any atom is -0.380 e. The van der Waals surface area contributed by atoms with E-state index in [2.05, 4.69) is 21.2 Å². The van der Waals surface area contributed by atoms with Gasteiger partial charge in [-0.25, -0.2) is 0 Å². The van der Waals surface area contributed by atoms with Gasteiger partial charge in [-0.05, 0) is 12.1 Å². The summed E-state index contributed by atoms with van der Waals surface area (Å²) in [7, 11) is 1.96. The summed E-state index contributed by atoms with van der Waals surface area (Å²) in [6.07, 6.45) is 5.85. The number of aromatic nitrogens is 3. The number of rotatable bonds is 6. The summed E-state index contributed by atoms with van der Waals surface area (Å²) < 4.78 is 13.7. The number of nitrogens with zero attached hydrogens (tertiary/aromatic N) is 4. The van der Waals surface area contributed by atoms with Crippen molar-refractivity contribution in [3.8, 4) is 0 Å². The fourth-order valence-electron chi connectivity index (χ4n) is 3.92. The van der Waals surface area contributed by atoms with Gasteiger partial charge in [-0.1, -0.05) is 6.07 Å². The lowest BCUT2D eigenvalue weighted by atomic mass is 9.82. The number of fused-ring (bicyclic) bond motifs is 1. The first-order valence-electron chi connectivity index (χ1n) is 8.49. The lowest BCUT2D eigenvalue weighted by molar-refractivity contribution is 0.0171. The van der Waals surface area contributed by atoms with E-state index in [1.807, 2.05) is 42.3 Å². The second-order valence-corrected chi connectivity index (χ2v) is 7.08. The second-order valence-electron chi connectivity index (χ2n) is 7.08. The Morgan fingerprint density at radius 1 is 1.42 bits per heavy atom. The van der Waals surface area contributed by atoms with Crippen LogP contribution in [0.1, 0.15) is 11.3 Å². The summed E-state index contributed by atoms with van der Waals surface area (Å²) in [6, 6.07) is 5.93. The van der Waals surface area contributed by atoms with Gasteiger partial charge < -0.3 is 9.47 Å². The summed E-state index contributed by atoms with van der Waals surface area (Å²) in [5.74, 6) is 0.554. The quantitative estimate of drug-likeness (QED) is 0.804. The molecule has 24 heavy (non-hydrogen) atoms. The fraction of sp³-hybridized carbons (Fsp3) is 0.556. The van der Waals surface area contributed by atoms with Crippen LogP contribution in [-0.4, -0.2) is 52.6 Å². The van der Waals surface area contributed by atoms with Gasteiger partial charge in [0.15, 0.2) is 0 Å². The Hall–Kier alpha value is -1.76. The molecule has 2 atom stereocenters. The molecular formula is C18H24N4O2. The highest BCUT2D eigenvalue weighted by Crippen LogP contribution is 2.42. The largest absolute Gasteiger partial charge is 0.380 e. The maximum atomic E-state index is 6.03. The highest BCUT2D eigenvalue weighted by atomic mass is 16.5. The first-order chi connectivity index (χ1) is 11.7. The zero-order valence-corrected chi connectivity index (χ0v) is 14.1. The van der Waals surface area contributed by atoms with Crippen LogP contribution in [0, 0.1) is 11.3 Å². The molecule has 2 fully saturated rings. The second kappa shape index (κ2) is 6.63. The Bertz CT molecular complexity index is 675. The summed E-state index contributed by atoms with van der Waals surface area (Å²) in [4.78, 5) is 6.83. The van der Waals surface area contributed by atoms with Crippen molar-refractivity contribution >= 4 is 0 Å². The first kappa shape index (κ1) is 15.7. The van der Waals surface area contributed by atoms with E-state index < -0.39 is 0 Å².